The molecule has 3 atom stereocenters. The summed E-state index contributed by atoms with van der Waals surface area (Å²) in [5.41, 5.74) is -0.943. The molecule has 0 saturated heterocycles. The maximum atomic E-state index is 13.7. The Balaban J connectivity index is 1.57. The number of carbonyl (C=O) groups is 3. The Morgan fingerprint density at radius 3 is 2.34 bits per heavy atom. The second kappa shape index (κ2) is 7.31. The summed E-state index contributed by atoms with van der Waals surface area (Å²) in [6, 6.07) is 23.0. The van der Waals surface area contributed by atoms with Gasteiger partial charge in [0.05, 0.1) is 5.41 Å². The number of ketones is 1. The Hall–Kier alpha value is -3.44. The highest BCUT2D eigenvalue weighted by atomic mass is 35.5. The first kappa shape index (κ1) is 20.5. The number of fused-ring (bicyclic) bond motifs is 3. The predicted molar refractivity (Wildman–Crippen MR) is 119 cm³/mol. The molecule has 6 heteroatoms. The summed E-state index contributed by atoms with van der Waals surface area (Å²) < 4.78 is 5.59. The molecule has 1 saturated carbocycles. The number of para-hydroxylation sites is 1. The van der Waals surface area contributed by atoms with E-state index in [0.717, 1.165) is 5.56 Å². The summed E-state index contributed by atoms with van der Waals surface area (Å²) in [5.74, 6) is -1.72. The van der Waals surface area contributed by atoms with E-state index in [-0.39, 0.29) is 12.3 Å². The number of benzene rings is 3. The Bertz CT molecular complexity index is 1240. The van der Waals surface area contributed by atoms with E-state index >= 15 is 0 Å². The number of Topliss-reactive ketones (excluding diaryl/α,β-unsaturated/α-hetero) is 1. The van der Waals surface area contributed by atoms with Gasteiger partial charge in [-0.3, -0.25) is 14.4 Å². The molecule has 0 bridgehead atoms. The van der Waals surface area contributed by atoms with Crippen molar-refractivity contribution in [3.63, 3.8) is 0 Å². The van der Waals surface area contributed by atoms with Crippen LogP contribution in [0, 0.1) is 10.8 Å². The molecule has 0 spiro atoms. The number of carbonyl (C=O) groups excluding carboxylic acids is 3. The average Bonchev–Trinajstić information content (AvgIpc) is 3.41. The Morgan fingerprint density at radius 2 is 1.62 bits per heavy atom. The summed E-state index contributed by atoms with van der Waals surface area (Å²) in [5, 5.41) is 3.37. The summed E-state index contributed by atoms with van der Waals surface area (Å²) >= 11 is 5.99. The maximum Gasteiger partial charge on any atom is 0.328 e. The molecule has 160 valence electrons. The second-order valence-electron chi connectivity index (χ2n) is 8.38. The van der Waals surface area contributed by atoms with Gasteiger partial charge in [-0.25, -0.2) is 0 Å². The van der Waals surface area contributed by atoms with Crippen molar-refractivity contribution in [1.29, 1.82) is 0 Å². The number of ether oxygens (including phenoxy) is 1. The average molecular weight is 446 g/mol. The fraction of sp³-hybridized carbons (Fsp3) is 0.192. The Labute approximate surface area is 190 Å². The van der Waals surface area contributed by atoms with Crippen molar-refractivity contribution < 1.29 is 19.1 Å². The molecule has 2 aliphatic rings. The topological polar surface area (TPSA) is 72.5 Å². The van der Waals surface area contributed by atoms with Crippen LogP contribution in [0.4, 0.5) is 0 Å². The van der Waals surface area contributed by atoms with Gasteiger partial charge < -0.3 is 10.1 Å². The van der Waals surface area contributed by atoms with Crippen molar-refractivity contribution in [1.82, 2.24) is 5.32 Å². The lowest BCUT2D eigenvalue weighted by Gasteiger charge is -2.23. The number of rotatable bonds is 5. The number of hydrogen-bond acceptors (Lipinski definition) is 4. The van der Waals surface area contributed by atoms with E-state index in [4.69, 9.17) is 16.3 Å². The van der Waals surface area contributed by atoms with E-state index in [1.165, 1.54) is 0 Å². The number of esters is 1. The monoisotopic (exact) mass is 445 g/mol. The molecular weight excluding hydrogens is 426 g/mol. The van der Waals surface area contributed by atoms with Gasteiger partial charge in [0.25, 0.3) is 0 Å². The fourth-order valence-electron chi connectivity index (χ4n) is 5.07. The quantitative estimate of drug-likeness (QED) is 0.271. The normalized spacial score (nSPS) is 25.2. The van der Waals surface area contributed by atoms with Crippen LogP contribution in [0.25, 0.3) is 0 Å². The predicted octanol–water partition coefficient (Wildman–Crippen LogP) is 4.55. The molecule has 0 aromatic heterocycles. The highest BCUT2D eigenvalue weighted by Gasteiger charge is 2.88. The maximum absolute atomic E-state index is 13.7. The third-order valence-electron chi connectivity index (χ3n) is 6.73. The summed E-state index contributed by atoms with van der Waals surface area (Å²) in [7, 11) is 0. The number of amides is 1. The van der Waals surface area contributed by atoms with Gasteiger partial charge in [0.15, 0.2) is 11.2 Å². The summed E-state index contributed by atoms with van der Waals surface area (Å²) in [6.07, 6.45) is 0. The van der Waals surface area contributed by atoms with Crippen LogP contribution < -0.4 is 10.1 Å². The molecule has 5 rings (SSSR count). The second-order valence-corrected chi connectivity index (χ2v) is 8.81. The molecule has 0 radical (unpaired) electrons. The Morgan fingerprint density at radius 1 is 0.969 bits per heavy atom. The van der Waals surface area contributed by atoms with Crippen LogP contribution >= 0.6 is 11.6 Å². The molecule has 3 aromatic rings. The van der Waals surface area contributed by atoms with E-state index in [9.17, 15) is 14.4 Å². The van der Waals surface area contributed by atoms with Gasteiger partial charge in [0.1, 0.15) is 5.75 Å². The first-order valence-corrected chi connectivity index (χ1v) is 10.7. The zero-order valence-corrected chi connectivity index (χ0v) is 18.1. The van der Waals surface area contributed by atoms with Crippen LogP contribution in [0.2, 0.25) is 5.02 Å². The van der Waals surface area contributed by atoms with Gasteiger partial charge >= 0.3 is 5.97 Å². The minimum absolute atomic E-state index is 0.244. The van der Waals surface area contributed by atoms with Crippen LogP contribution in [-0.2, 0) is 16.1 Å². The molecule has 1 heterocycles. The third-order valence-corrected chi connectivity index (χ3v) is 6.98. The highest BCUT2D eigenvalue weighted by molar-refractivity contribution is 6.30. The van der Waals surface area contributed by atoms with Crippen LogP contribution in [0.5, 0.6) is 5.75 Å². The van der Waals surface area contributed by atoms with Gasteiger partial charge in [0, 0.05) is 28.6 Å². The molecule has 32 heavy (non-hydrogen) atoms. The molecule has 3 aromatic carbocycles. The van der Waals surface area contributed by atoms with E-state index in [1.54, 1.807) is 43.3 Å². The van der Waals surface area contributed by atoms with Crippen LogP contribution in [-0.4, -0.2) is 17.7 Å². The van der Waals surface area contributed by atoms with E-state index in [1.807, 2.05) is 42.5 Å². The number of hydrogen-bond donors (Lipinski definition) is 1. The molecule has 1 aliphatic heterocycles. The molecule has 1 aliphatic carbocycles. The third kappa shape index (κ3) is 2.74. The van der Waals surface area contributed by atoms with Crippen LogP contribution in [0.3, 0.4) is 0 Å². The van der Waals surface area contributed by atoms with Crippen molar-refractivity contribution in [2.24, 2.45) is 10.8 Å². The summed E-state index contributed by atoms with van der Waals surface area (Å²) in [6.45, 7) is 1.92. The fourth-order valence-corrected chi connectivity index (χ4v) is 5.20. The zero-order valence-electron chi connectivity index (χ0n) is 17.3. The van der Waals surface area contributed by atoms with Crippen molar-refractivity contribution in [3.05, 3.63) is 101 Å². The Kier molecular flexibility index (Phi) is 4.68. The van der Waals surface area contributed by atoms with Crippen molar-refractivity contribution in [3.8, 4) is 5.75 Å². The summed E-state index contributed by atoms with van der Waals surface area (Å²) in [4.78, 5) is 40.6. The highest BCUT2D eigenvalue weighted by Crippen LogP contribution is 2.78. The molecule has 1 N–H and O–H groups in total. The van der Waals surface area contributed by atoms with Crippen molar-refractivity contribution in [2.75, 3.05) is 0 Å². The first-order valence-electron chi connectivity index (χ1n) is 10.3. The van der Waals surface area contributed by atoms with Crippen LogP contribution in [0.1, 0.15) is 34.3 Å². The first-order chi connectivity index (χ1) is 15.4. The lowest BCUT2D eigenvalue weighted by molar-refractivity contribution is -0.149. The lowest BCUT2D eigenvalue weighted by Crippen LogP contribution is -2.45. The number of halogens is 1. The molecular formula is C26H20ClNO4. The van der Waals surface area contributed by atoms with Gasteiger partial charge in [-0.15, -0.1) is 0 Å². The standard InChI is InChI=1S/C26H20ClNO4/c1-25(22(29)17-11-13-18(27)14-12-17)21-19-9-5-6-10-20(19)32-24(31)26(21,25)23(30)28-15-16-7-3-2-4-8-16/h2-14,21H,15H2,1H3,(H,28,30)/t21-,25+,26+/m0/s1. The molecule has 5 nitrogen and oxygen atoms in total. The van der Waals surface area contributed by atoms with E-state index in [2.05, 4.69) is 5.32 Å². The minimum atomic E-state index is -1.63. The lowest BCUT2D eigenvalue weighted by atomic mass is 9.86. The van der Waals surface area contributed by atoms with Gasteiger partial charge in [-0.2, -0.15) is 0 Å². The van der Waals surface area contributed by atoms with Crippen molar-refractivity contribution >= 4 is 29.3 Å². The molecule has 1 amide bonds. The van der Waals surface area contributed by atoms with Gasteiger partial charge in [-0.05, 0) is 42.8 Å². The van der Waals surface area contributed by atoms with E-state index < -0.39 is 28.6 Å². The van der Waals surface area contributed by atoms with Crippen molar-refractivity contribution in [2.45, 2.75) is 19.4 Å². The largest absolute Gasteiger partial charge is 0.425 e. The smallest absolute Gasteiger partial charge is 0.328 e. The molecule has 1 fully saturated rings. The van der Waals surface area contributed by atoms with Crippen LogP contribution in [0.15, 0.2) is 78.9 Å². The van der Waals surface area contributed by atoms with Gasteiger partial charge in [-0.1, -0.05) is 60.1 Å². The van der Waals surface area contributed by atoms with E-state index in [0.29, 0.717) is 21.9 Å². The SMILES string of the molecule is C[C@]1(C(=O)c2ccc(Cl)cc2)[C@@H]2c3ccccc3OC(=O)[C@]21C(=O)NCc1ccccc1. The minimum Gasteiger partial charge on any atom is -0.425 e. The van der Waals surface area contributed by atoms with Gasteiger partial charge in [0.2, 0.25) is 5.91 Å². The number of nitrogens with one attached hydrogen (secondary N) is 1. The zero-order chi connectivity index (χ0) is 22.5. The molecule has 0 unspecified atom stereocenters.